The molecular formula is C18H34O5. The van der Waals surface area contributed by atoms with Crippen molar-refractivity contribution in [2.75, 3.05) is 19.8 Å². The fraction of sp³-hybridized carbons (Fsp3) is 0.889. The highest BCUT2D eigenvalue weighted by Gasteiger charge is 2.40. The number of aliphatic hydroxyl groups excluding tert-OH is 3. The van der Waals surface area contributed by atoms with E-state index in [0.717, 1.165) is 19.3 Å². The van der Waals surface area contributed by atoms with Crippen LogP contribution in [0.3, 0.4) is 0 Å². The molecule has 23 heavy (non-hydrogen) atoms. The first-order valence-electron chi connectivity index (χ1n) is 9.05. The third-order valence-corrected chi connectivity index (χ3v) is 4.22. The molecule has 136 valence electrons. The molecule has 0 saturated carbocycles. The molecule has 0 radical (unpaired) electrons. The van der Waals surface area contributed by atoms with Crippen molar-refractivity contribution in [1.82, 2.24) is 0 Å². The van der Waals surface area contributed by atoms with Crippen molar-refractivity contribution in [3.8, 4) is 0 Å². The van der Waals surface area contributed by atoms with Crippen LogP contribution in [-0.4, -0.2) is 59.6 Å². The van der Waals surface area contributed by atoms with Gasteiger partial charge >= 0.3 is 0 Å². The van der Waals surface area contributed by atoms with Crippen molar-refractivity contribution in [3.05, 3.63) is 12.2 Å². The molecule has 0 aromatic rings. The first kappa shape index (κ1) is 20.6. The normalized spacial score (nSPS) is 26.2. The summed E-state index contributed by atoms with van der Waals surface area (Å²) in [6.45, 7) is 2.63. The SMILES string of the molecule is CCCCCC/C=C/CCCCO[C@H](CO)[C@@H]1OC[C@H](O)[C@@H]1O. The largest absolute Gasteiger partial charge is 0.394 e. The van der Waals surface area contributed by atoms with E-state index in [2.05, 4.69) is 19.1 Å². The summed E-state index contributed by atoms with van der Waals surface area (Å²) in [6, 6.07) is 0. The van der Waals surface area contributed by atoms with Gasteiger partial charge in [-0.05, 0) is 32.1 Å². The second-order valence-electron chi connectivity index (χ2n) is 6.26. The highest BCUT2D eigenvalue weighted by Crippen LogP contribution is 2.19. The maximum Gasteiger partial charge on any atom is 0.114 e. The Morgan fingerprint density at radius 1 is 1.09 bits per heavy atom. The van der Waals surface area contributed by atoms with Gasteiger partial charge in [0.05, 0.1) is 13.2 Å². The van der Waals surface area contributed by atoms with Gasteiger partial charge in [-0.1, -0.05) is 38.3 Å². The summed E-state index contributed by atoms with van der Waals surface area (Å²) < 4.78 is 10.9. The quantitative estimate of drug-likeness (QED) is 0.356. The van der Waals surface area contributed by atoms with Gasteiger partial charge in [-0.15, -0.1) is 0 Å². The number of allylic oxidation sites excluding steroid dienone is 2. The van der Waals surface area contributed by atoms with Gasteiger partial charge in [-0.3, -0.25) is 0 Å². The van der Waals surface area contributed by atoms with Gasteiger partial charge in [0.1, 0.15) is 24.4 Å². The van der Waals surface area contributed by atoms with Crippen molar-refractivity contribution in [3.63, 3.8) is 0 Å². The zero-order valence-electron chi connectivity index (χ0n) is 14.4. The van der Waals surface area contributed by atoms with Gasteiger partial charge < -0.3 is 24.8 Å². The molecule has 1 aliphatic rings. The summed E-state index contributed by atoms with van der Waals surface area (Å²) in [7, 11) is 0. The van der Waals surface area contributed by atoms with Gasteiger partial charge in [0.2, 0.25) is 0 Å². The molecule has 1 saturated heterocycles. The molecule has 1 aliphatic heterocycles. The number of aliphatic hydroxyl groups is 3. The van der Waals surface area contributed by atoms with E-state index in [1.807, 2.05) is 0 Å². The van der Waals surface area contributed by atoms with E-state index in [0.29, 0.717) is 6.61 Å². The first-order chi connectivity index (χ1) is 11.2. The number of hydrogen-bond donors (Lipinski definition) is 3. The predicted molar refractivity (Wildman–Crippen MR) is 90.3 cm³/mol. The third kappa shape index (κ3) is 8.27. The van der Waals surface area contributed by atoms with Crippen LogP contribution >= 0.6 is 0 Å². The number of ether oxygens (including phenoxy) is 2. The highest BCUT2D eigenvalue weighted by molar-refractivity contribution is 4.88. The minimum atomic E-state index is -0.984. The maximum absolute atomic E-state index is 9.76. The van der Waals surface area contributed by atoms with Crippen molar-refractivity contribution >= 4 is 0 Å². The number of hydrogen-bond acceptors (Lipinski definition) is 5. The number of rotatable bonds is 13. The van der Waals surface area contributed by atoms with E-state index >= 15 is 0 Å². The summed E-state index contributed by atoms with van der Waals surface area (Å²) in [6.07, 6.45) is 10.8. The Kier molecular flexibility index (Phi) is 11.5. The van der Waals surface area contributed by atoms with Crippen molar-refractivity contribution in [2.24, 2.45) is 0 Å². The third-order valence-electron chi connectivity index (χ3n) is 4.22. The van der Waals surface area contributed by atoms with Crippen LogP contribution in [-0.2, 0) is 9.47 Å². The van der Waals surface area contributed by atoms with Gasteiger partial charge in [0.15, 0.2) is 0 Å². The van der Waals surface area contributed by atoms with Gasteiger partial charge in [0.25, 0.3) is 0 Å². The summed E-state index contributed by atoms with van der Waals surface area (Å²) in [5, 5.41) is 28.6. The highest BCUT2D eigenvalue weighted by atomic mass is 16.6. The van der Waals surface area contributed by atoms with Crippen molar-refractivity contribution < 1.29 is 24.8 Å². The second-order valence-corrected chi connectivity index (χ2v) is 6.26. The van der Waals surface area contributed by atoms with E-state index in [9.17, 15) is 15.3 Å². The van der Waals surface area contributed by atoms with E-state index in [1.165, 1.54) is 32.1 Å². The molecule has 0 unspecified atom stereocenters. The Morgan fingerprint density at radius 3 is 2.35 bits per heavy atom. The molecule has 0 spiro atoms. The summed E-state index contributed by atoms with van der Waals surface area (Å²) in [5.74, 6) is 0. The molecule has 1 rings (SSSR count). The lowest BCUT2D eigenvalue weighted by atomic mass is 10.1. The minimum Gasteiger partial charge on any atom is -0.394 e. The van der Waals surface area contributed by atoms with Crippen LogP contribution in [0.4, 0.5) is 0 Å². The van der Waals surface area contributed by atoms with Gasteiger partial charge in [0, 0.05) is 6.61 Å². The average Bonchev–Trinajstić information content (AvgIpc) is 2.88. The standard InChI is InChI=1S/C18H34O5/c1-2-3-4-5-6-7-8-9-10-11-12-22-16(13-19)18-17(21)15(20)14-23-18/h7-8,15-21H,2-6,9-14H2,1H3/b8-7+/t15-,16+,17-,18-/m0/s1. The second kappa shape index (κ2) is 12.9. The average molecular weight is 330 g/mol. The molecule has 1 heterocycles. The summed E-state index contributed by atoms with van der Waals surface area (Å²) >= 11 is 0. The fourth-order valence-corrected chi connectivity index (χ4v) is 2.73. The molecule has 0 aromatic carbocycles. The molecule has 3 N–H and O–H groups in total. The number of unbranched alkanes of at least 4 members (excludes halogenated alkanes) is 6. The topological polar surface area (TPSA) is 79.2 Å². The van der Waals surface area contributed by atoms with Crippen LogP contribution in [0.2, 0.25) is 0 Å². The smallest absolute Gasteiger partial charge is 0.114 e. The molecule has 0 aliphatic carbocycles. The molecule has 5 heteroatoms. The predicted octanol–water partition coefficient (Wildman–Crippen LogP) is 2.18. The molecule has 0 aromatic heterocycles. The molecule has 0 amide bonds. The first-order valence-corrected chi connectivity index (χ1v) is 9.05. The lowest BCUT2D eigenvalue weighted by molar-refractivity contribution is -0.101. The van der Waals surface area contributed by atoms with Crippen molar-refractivity contribution in [1.29, 1.82) is 0 Å². The Balaban J connectivity index is 2.02. The Bertz CT molecular complexity index is 308. The fourth-order valence-electron chi connectivity index (χ4n) is 2.73. The van der Waals surface area contributed by atoms with Crippen LogP contribution in [0.15, 0.2) is 12.2 Å². The minimum absolute atomic E-state index is 0.0920. The molecule has 5 nitrogen and oxygen atoms in total. The van der Waals surface area contributed by atoms with Crippen LogP contribution in [0, 0.1) is 0 Å². The van der Waals surface area contributed by atoms with E-state index in [-0.39, 0.29) is 13.2 Å². The summed E-state index contributed by atoms with van der Waals surface area (Å²) in [5.41, 5.74) is 0. The van der Waals surface area contributed by atoms with E-state index < -0.39 is 24.4 Å². The van der Waals surface area contributed by atoms with E-state index in [4.69, 9.17) is 9.47 Å². The molecule has 1 fully saturated rings. The molecule has 4 atom stereocenters. The Labute approximate surface area is 140 Å². The van der Waals surface area contributed by atoms with Crippen LogP contribution < -0.4 is 0 Å². The Morgan fingerprint density at radius 2 is 1.78 bits per heavy atom. The van der Waals surface area contributed by atoms with Gasteiger partial charge in [-0.25, -0.2) is 0 Å². The van der Waals surface area contributed by atoms with E-state index in [1.54, 1.807) is 0 Å². The molecular weight excluding hydrogens is 296 g/mol. The lowest BCUT2D eigenvalue weighted by Gasteiger charge is -2.24. The van der Waals surface area contributed by atoms with Crippen LogP contribution in [0.5, 0.6) is 0 Å². The van der Waals surface area contributed by atoms with Gasteiger partial charge in [-0.2, -0.15) is 0 Å². The monoisotopic (exact) mass is 330 g/mol. The van der Waals surface area contributed by atoms with Crippen LogP contribution in [0.1, 0.15) is 58.3 Å². The van der Waals surface area contributed by atoms with Crippen molar-refractivity contribution in [2.45, 2.75) is 82.7 Å². The van der Waals surface area contributed by atoms with Crippen LogP contribution in [0.25, 0.3) is 0 Å². The molecule has 0 bridgehead atoms. The lowest BCUT2D eigenvalue weighted by Crippen LogP contribution is -2.42. The zero-order chi connectivity index (χ0) is 16.9. The maximum atomic E-state index is 9.76. The summed E-state index contributed by atoms with van der Waals surface area (Å²) in [4.78, 5) is 0. The zero-order valence-corrected chi connectivity index (χ0v) is 14.4. The Hall–Kier alpha value is -0.460.